The van der Waals surface area contributed by atoms with E-state index in [2.05, 4.69) is 21.2 Å². The molecule has 1 atom stereocenters. The normalized spacial score (nSPS) is 12.3. The number of halogens is 3. The van der Waals surface area contributed by atoms with E-state index in [-0.39, 0.29) is 10.7 Å². The van der Waals surface area contributed by atoms with Crippen molar-refractivity contribution in [1.82, 2.24) is 5.32 Å². The third-order valence-corrected chi connectivity index (χ3v) is 2.69. The average molecular weight is 311 g/mol. The Bertz CT molecular complexity index is 348. The van der Waals surface area contributed by atoms with E-state index in [1.165, 1.54) is 0 Å². The summed E-state index contributed by atoms with van der Waals surface area (Å²) >= 11 is 15.1. The average Bonchev–Trinajstić information content (AvgIpc) is 2.14. The number of amides is 1. The first kappa shape index (κ1) is 12.8. The predicted octanol–water partition coefficient (Wildman–Crippen LogP) is 3.51. The molecule has 1 amide bonds. The van der Waals surface area contributed by atoms with Crippen LogP contribution in [0.4, 0.5) is 0 Å². The zero-order chi connectivity index (χ0) is 11.4. The number of benzene rings is 1. The van der Waals surface area contributed by atoms with Crippen molar-refractivity contribution in [3.8, 4) is 0 Å². The van der Waals surface area contributed by atoms with Crippen molar-refractivity contribution in [1.29, 1.82) is 0 Å². The molecular formula is C10H10BrCl2NO. The molecule has 1 aromatic rings. The fourth-order valence-corrected chi connectivity index (χ4v) is 1.77. The second-order valence-corrected chi connectivity index (χ2v) is 5.47. The summed E-state index contributed by atoms with van der Waals surface area (Å²) in [6.45, 7) is 2.47. The Morgan fingerprint density at radius 2 is 2.00 bits per heavy atom. The summed E-state index contributed by atoms with van der Waals surface area (Å²) in [5.41, 5.74) is 0.328. The number of hydrogen-bond donors (Lipinski definition) is 1. The molecule has 0 saturated heterocycles. The number of carbonyl (C=O) groups is 1. The first-order valence-corrected chi connectivity index (χ1v) is 6.06. The maximum Gasteiger partial charge on any atom is 0.254 e. The van der Waals surface area contributed by atoms with Gasteiger partial charge in [-0.15, -0.1) is 0 Å². The van der Waals surface area contributed by atoms with Crippen LogP contribution in [0.1, 0.15) is 17.3 Å². The molecule has 0 saturated carbocycles. The minimum absolute atomic E-state index is 0.211. The Morgan fingerprint density at radius 1 is 1.47 bits per heavy atom. The predicted molar refractivity (Wildman–Crippen MR) is 67.2 cm³/mol. The van der Waals surface area contributed by atoms with Gasteiger partial charge in [-0.05, 0) is 12.1 Å². The molecule has 0 aromatic heterocycles. The summed E-state index contributed by atoms with van der Waals surface area (Å²) in [4.78, 5) is 11.9. The van der Waals surface area contributed by atoms with Gasteiger partial charge in [0.15, 0.2) is 0 Å². The molecule has 15 heavy (non-hydrogen) atoms. The molecule has 5 heteroatoms. The third kappa shape index (κ3) is 3.67. The number of nitrogens with one attached hydrogen (secondary N) is 1. The van der Waals surface area contributed by atoms with Crippen molar-refractivity contribution >= 4 is 45.0 Å². The minimum Gasteiger partial charge on any atom is -0.351 e. The van der Waals surface area contributed by atoms with E-state index in [0.717, 1.165) is 0 Å². The maximum atomic E-state index is 11.7. The quantitative estimate of drug-likeness (QED) is 0.851. The van der Waals surface area contributed by atoms with Gasteiger partial charge < -0.3 is 5.32 Å². The topological polar surface area (TPSA) is 29.1 Å². The third-order valence-electron chi connectivity index (χ3n) is 1.73. The van der Waals surface area contributed by atoms with Crippen LogP contribution >= 0.6 is 39.1 Å². The van der Waals surface area contributed by atoms with Crippen LogP contribution in [-0.4, -0.2) is 17.3 Å². The van der Waals surface area contributed by atoms with E-state index in [4.69, 9.17) is 23.2 Å². The highest BCUT2D eigenvalue weighted by atomic mass is 79.9. The van der Waals surface area contributed by atoms with Gasteiger partial charge in [0.2, 0.25) is 0 Å². The van der Waals surface area contributed by atoms with Crippen LogP contribution in [0.25, 0.3) is 0 Å². The van der Waals surface area contributed by atoms with E-state index in [9.17, 15) is 4.79 Å². The van der Waals surface area contributed by atoms with Crippen LogP contribution in [0.2, 0.25) is 10.0 Å². The highest BCUT2D eigenvalue weighted by Crippen LogP contribution is 2.23. The van der Waals surface area contributed by atoms with E-state index >= 15 is 0 Å². The van der Waals surface area contributed by atoms with Gasteiger partial charge in [0.05, 0.1) is 15.6 Å². The van der Waals surface area contributed by atoms with Crippen LogP contribution in [0.3, 0.4) is 0 Å². The van der Waals surface area contributed by atoms with Crippen LogP contribution < -0.4 is 5.32 Å². The second-order valence-electron chi connectivity index (χ2n) is 3.09. The fourth-order valence-electron chi connectivity index (χ4n) is 1.04. The monoisotopic (exact) mass is 309 g/mol. The van der Waals surface area contributed by atoms with Gasteiger partial charge >= 0.3 is 0 Å². The zero-order valence-electron chi connectivity index (χ0n) is 8.06. The van der Waals surface area contributed by atoms with Crippen LogP contribution in [0.5, 0.6) is 0 Å². The molecule has 0 radical (unpaired) electrons. The summed E-state index contributed by atoms with van der Waals surface area (Å²) in [5, 5.41) is 3.45. The molecule has 1 N–H and O–H groups in total. The van der Waals surface area contributed by atoms with Gasteiger partial charge in [-0.1, -0.05) is 52.1 Å². The number of alkyl halides is 1. The van der Waals surface area contributed by atoms with E-state index < -0.39 is 0 Å². The van der Waals surface area contributed by atoms with Crippen molar-refractivity contribution in [2.75, 3.05) is 6.54 Å². The molecule has 0 heterocycles. The van der Waals surface area contributed by atoms with Crippen molar-refractivity contribution in [3.05, 3.63) is 33.8 Å². The lowest BCUT2D eigenvalue weighted by Gasteiger charge is -2.09. The highest BCUT2D eigenvalue weighted by molar-refractivity contribution is 9.09. The molecule has 2 nitrogen and oxygen atoms in total. The summed E-state index contributed by atoms with van der Waals surface area (Å²) in [5.74, 6) is -0.253. The van der Waals surface area contributed by atoms with Gasteiger partial charge in [0.1, 0.15) is 0 Å². The minimum atomic E-state index is -0.253. The molecule has 0 fully saturated rings. The number of hydrogen-bond acceptors (Lipinski definition) is 1. The van der Waals surface area contributed by atoms with Crippen LogP contribution in [0.15, 0.2) is 18.2 Å². The van der Waals surface area contributed by atoms with Gasteiger partial charge in [-0.2, -0.15) is 0 Å². The molecule has 0 aliphatic heterocycles. The Hall–Kier alpha value is -0.250. The molecule has 0 bridgehead atoms. The first-order valence-electron chi connectivity index (χ1n) is 4.38. The molecule has 0 aliphatic rings. The largest absolute Gasteiger partial charge is 0.351 e. The number of carbonyl (C=O) groups excluding carboxylic acids is 1. The van der Waals surface area contributed by atoms with Gasteiger partial charge in [-0.3, -0.25) is 4.79 Å². The van der Waals surface area contributed by atoms with Crippen LogP contribution in [0, 0.1) is 0 Å². The summed E-state index contributed by atoms with van der Waals surface area (Å²) in [7, 11) is 0. The Morgan fingerprint density at radius 3 is 2.47 bits per heavy atom. The summed E-state index contributed by atoms with van der Waals surface area (Å²) < 4.78 is 0. The number of rotatable bonds is 3. The van der Waals surface area contributed by atoms with Crippen molar-refractivity contribution in [3.63, 3.8) is 0 Å². The first-order chi connectivity index (χ1) is 7.02. The Balaban J connectivity index is 2.82. The zero-order valence-corrected chi connectivity index (χ0v) is 11.2. The smallest absolute Gasteiger partial charge is 0.254 e. The Kier molecular flexibility index (Phi) is 4.90. The summed E-state index contributed by atoms with van der Waals surface area (Å²) in [6.07, 6.45) is 0. The lowest BCUT2D eigenvalue weighted by molar-refractivity contribution is 0.0954. The molecular weight excluding hydrogens is 301 g/mol. The van der Waals surface area contributed by atoms with Crippen molar-refractivity contribution < 1.29 is 4.79 Å². The lowest BCUT2D eigenvalue weighted by Crippen LogP contribution is -2.28. The second kappa shape index (κ2) is 5.73. The van der Waals surface area contributed by atoms with Gasteiger partial charge in [0, 0.05) is 11.4 Å². The van der Waals surface area contributed by atoms with Crippen LogP contribution in [-0.2, 0) is 0 Å². The molecule has 0 spiro atoms. The lowest BCUT2D eigenvalue weighted by atomic mass is 10.2. The van der Waals surface area contributed by atoms with E-state index in [0.29, 0.717) is 22.2 Å². The summed E-state index contributed by atoms with van der Waals surface area (Å²) in [6, 6.07) is 4.98. The molecule has 1 rings (SSSR count). The fraction of sp³-hybridized carbons (Fsp3) is 0.300. The highest BCUT2D eigenvalue weighted by Gasteiger charge is 2.14. The maximum absolute atomic E-state index is 11.7. The molecule has 0 aliphatic carbocycles. The van der Waals surface area contributed by atoms with Crippen molar-refractivity contribution in [2.45, 2.75) is 11.8 Å². The SMILES string of the molecule is CC(Br)CNC(=O)c1c(Cl)cccc1Cl. The molecule has 1 aromatic carbocycles. The molecule has 1 unspecified atom stereocenters. The van der Waals surface area contributed by atoms with E-state index in [1.54, 1.807) is 18.2 Å². The Labute approximate surface area is 107 Å². The van der Waals surface area contributed by atoms with Gasteiger partial charge in [0.25, 0.3) is 5.91 Å². The molecule has 82 valence electrons. The van der Waals surface area contributed by atoms with Gasteiger partial charge in [-0.25, -0.2) is 0 Å². The van der Waals surface area contributed by atoms with Crippen molar-refractivity contribution in [2.24, 2.45) is 0 Å². The van der Waals surface area contributed by atoms with E-state index in [1.807, 2.05) is 6.92 Å². The standard InChI is InChI=1S/C10H10BrCl2NO/c1-6(11)5-14-10(15)9-7(12)3-2-4-8(9)13/h2-4,6H,5H2,1H3,(H,14,15).